The fourth-order valence-electron chi connectivity index (χ4n) is 3.77. The van der Waals surface area contributed by atoms with E-state index in [4.69, 9.17) is 29.3 Å². The quantitative estimate of drug-likeness (QED) is 0.377. The van der Waals surface area contributed by atoms with E-state index in [1.807, 2.05) is 34.7 Å². The maximum absolute atomic E-state index is 10.6. The molecular formula is C21H26F6N4O6S. The number of aliphatic carboxylic acids is 2. The molecule has 10 nitrogen and oxygen atoms in total. The lowest BCUT2D eigenvalue weighted by Gasteiger charge is -2.38. The molecule has 0 amide bonds. The zero-order chi connectivity index (χ0) is 28.3. The van der Waals surface area contributed by atoms with Crippen LogP contribution < -0.4 is 0 Å². The van der Waals surface area contributed by atoms with Crippen molar-refractivity contribution in [2.24, 2.45) is 0 Å². The van der Waals surface area contributed by atoms with Gasteiger partial charge in [-0.05, 0) is 25.3 Å². The van der Waals surface area contributed by atoms with E-state index in [0.29, 0.717) is 6.04 Å². The highest BCUT2D eigenvalue weighted by Gasteiger charge is 2.43. The zero-order valence-electron chi connectivity index (χ0n) is 19.8. The Morgan fingerprint density at radius 1 is 1.11 bits per heavy atom. The average molecular weight is 577 g/mol. The number of hydrogen-bond donors (Lipinski definition) is 2. The number of aromatic nitrogens is 3. The standard InChI is InChI=1S/C17H24N4O2S.2C2HF3O2/c1-5-19-21(7-1)8-2-10-22-15-4-3-14-17(15)23-11-9-20(14)13-16-18-6-12-24-16;2*3-2(4,5)1(6)7/h1,5-7,12,14-15,17H,2-4,8-11,13H2;2*(H,6,7)/t14-,15+,17+;;/m0../s1. The number of rotatable bonds is 7. The molecule has 4 rings (SSSR count). The molecule has 2 N–H and O–H groups in total. The zero-order valence-corrected chi connectivity index (χ0v) is 20.6. The van der Waals surface area contributed by atoms with Gasteiger partial charge in [0, 0.05) is 49.7 Å². The fourth-order valence-corrected chi connectivity index (χ4v) is 4.41. The Morgan fingerprint density at radius 3 is 2.29 bits per heavy atom. The Labute approximate surface area is 216 Å². The van der Waals surface area contributed by atoms with E-state index in [-0.39, 0.29) is 12.2 Å². The molecule has 38 heavy (non-hydrogen) atoms. The molecule has 2 aliphatic rings. The minimum Gasteiger partial charge on any atom is -0.475 e. The summed E-state index contributed by atoms with van der Waals surface area (Å²) in [7, 11) is 0. The van der Waals surface area contributed by atoms with Crippen LogP contribution in [-0.4, -0.2) is 92.2 Å². The van der Waals surface area contributed by atoms with Gasteiger partial charge in [-0.1, -0.05) is 0 Å². The minimum atomic E-state index is -5.08. The van der Waals surface area contributed by atoms with Crippen molar-refractivity contribution in [1.29, 1.82) is 0 Å². The lowest BCUT2D eigenvalue weighted by Crippen LogP contribution is -2.51. The van der Waals surface area contributed by atoms with Gasteiger partial charge in [-0.25, -0.2) is 14.6 Å². The maximum Gasteiger partial charge on any atom is 0.490 e. The van der Waals surface area contributed by atoms with E-state index >= 15 is 0 Å². The van der Waals surface area contributed by atoms with E-state index in [2.05, 4.69) is 15.0 Å². The molecule has 2 aromatic rings. The summed E-state index contributed by atoms with van der Waals surface area (Å²) >= 11 is 1.73. The second kappa shape index (κ2) is 14.4. The highest BCUT2D eigenvalue weighted by atomic mass is 32.1. The number of thiazole rings is 1. The third kappa shape index (κ3) is 10.5. The molecule has 1 saturated heterocycles. The molecule has 2 fully saturated rings. The maximum atomic E-state index is 10.6. The summed E-state index contributed by atoms with van der Waals surface area (Å²) in [4.78, 5) is 24.7. The molecular weight excluding hydrogens is 550 g/mol. The topological polar surface area (TPSA) is 127 Å². The molecule has 214 valence electrons. The Balaban J connectivity index is 0.000000301. The third-order valence-corrected chi connectivity index (χ3v) is 6.14. The number of hydrogen-bond acceptors (Lipinski definition) is 8. The van der Waals surface area contributed by atoms with E-state index in [1.165, 1.54) is 5.01 Å². The van der Waals surface area contributed by atoms with Gasteiger partial charge in [0.05, 0.1) is 25.4 Å². The van der Waals surface area contributed by atoms with Crippen molar-refractivity contribution in [3.63, 3.8) is 0 Å². The lowest BCUT2D eigenvalue weighted by molar-refractivity contribution is -0.193. The Hall–Kier alpha value is -2.76. The summed E-state index contributed by atoms with van der Waals surface area (Å²) in [6.07, 6.45) is -0.807. The molecule has 1 aliphatic carbocycles. The van der Waals surface area contributed by atoms with Crippen LogP contribution in [0.5, 0.6) is 0 Å². The fraction of sp³-hybridized carbons (Fsp3) is 0.619. The van der Waals surface area contributed by atoms with Crippen LogP contribution in [0.4, 0.5) is 26.3 Å². The third-order valence-electron chi connectivity index (χ3n) is 5.38. The smallest absolute Gasteiger partial charge is 0.475 e. The van der Waals surface area contributed by atoms with Crippen LogP contribution in [0.25, 0.3) is 0 Å². The van der Waals surface area contributed by atoms with Crippen LogP contribution in [0, 0.1) is 0 Å². The highest BCUT2D eigenvalue weighted by Crippen LogP contribution is 2.33. The number of aryl methyl sites for hydroxylation is 1. The van der Waals surface area contributed by atoms with Gasteiger partial charge in [-0.2, -0.15) is 31.4 Å². The number of alkyl halides is 6. The summed E-state index contributed by atoms with van der Waals surface area (Å²) in [5.41, 5.74) is 0. The first-order valence-corrected chi connectivity index (χ1v) is 12.1. The van der Waals surface area contributed by atoms with E-state index in [9.17, 15) is 26.3 Å². The number of nitrogens with zero attached hydrogens (tertiary/aromatic N) is 4. The number of ether oxygens (including phenoxy) is 2. The lowest BCUT2D eigenvalue weighted by atomic mass is 10.1. The molecule has 0 unspecified atom stereocenters. The molecule has 0 radical (unpaired) electrons. The molecule has 17 heteroatoms. The Kier molecular flexibility index (Phi) is 11.9. The molecule has 3 heterocycles. The van der Waals surface area contributed by atoms with Crippen LogP contribution in [-0.2, 0) is 32.2 Å². The van der Waals surface area contributed by atoms with Gasteiger partial charge in [-0.3, -0.25) is 9.58 Å². The SMILES string of the molecule is O=C(O)C(F)(F)F.O=C(O)C(F)(F)F.c1cnn(CCCO[C@@H]2CC[C@H]3[C@H]2OCCN3Cc2nccs2)c1. The van der Waals surface area contributed by atoms with Gasteiger partial charge >= 0.3 is 24.3 Å². The molecule has 0 bridgehead atoms. The molecule has 1 saturated carbocycles. The molecule has 0 spiro atoms. The van der Waals surface area contributed by atoms with Crippen molar-refractivity contribution in [3.05, 3.63) is 35.0 Å². The van der Waals surface area contributed by atoms with E-state index < -0.39 is 24.3 Å². The van der Waals surface area contributed by atoms with Crippen molar-refractivity contribution in [3.8, 4) is 0 Å². The number of carbonyl (C=O) groups is 2. The second-order valence-corrected chi connectivity index (χ2v) is 8.99. The minimum absolute atomic E-state index is 0.211. The molecule has 3 atom stereocenters. The van der Waals surface area contributed by atoms with Crippen molar-refractivity contribution in [1.82, 2.24) is 19.7 Å². The predicted octanol–water partition coefficient (Wildman–Crippen LogP) is 3.44. The largest absolute Gasteiger partial charge is 0.490 e. The number of carboxylic acids is 2. The average Bonchev–Trinajstić information content (AvgIpc) is 3.59. The van der Waals surface area contributed by atoms with Gasteiger partial charge in [0.1, 0.15) is 5.01 Å². The van der Waals surface area contributed by atoms with E-state index in [0.717, 1.165) is 52.1 Å². The van der Waals surface area contributed by atoms with Crippen LogP contribution in [0.3, 0.4) is 0 Å². The van der Waals surface area contributed by atoms with Crippen molar-refractivity contribution >= 4 is 23.3 Å². The Bertz CT molecular complexity index is 950. The number of fused-ring (bicyclic) bond motifs is 1. The summed E-state index contributed by atoms with van der Waals surface area (Å²) in [6, 6.07) is 2.42. The Morgan fingerprint density at radius 2 is 1.76 bits per heavy atom. The number of morpholine rings is 1. The van der Waals surface area contributed by atoms with Crippen LogP contribution in [0.1, 0.15) is 24.3 Å². The van der Waals surface area contributed by atoms with Crippen LogP contribution >= 0.6 is 11.3 Å². The predicted molar refractivity (Wildman–Crippen MR) is 119 cm³/mol. The highest BCUT2D eigenvalue weighted by molar-refractivity contribution is 7.09. The van der Waals surface area contributed by atoms with Gasteiger partial charge in [0.25, 0.3) is 0 Å². The number of carboxylic acid groups (broad SMARTS) is 2. The van der Waals surface area contributed by atoms with Gasteiger partial charge in [0.15, 0.2) is 0 Å². The van der Waals surface area contributed by atoms with Crippen molar-refractivity contribution in [2.45, 2.75) is 63.0 Å². The molecule has 2 aromatic heterocycles. The molecule has 0 aromatic carbocycles. The summed E-state index contributed by atoms with van der Waals surface area (Å²) < 4.78 is 77.6. The van der Waals surface area contributed by atoms with Crippen molar-refractivity contribution in [2.75, 3.05) is 19.8 Å². The first-order chi connectivity index (χ1) is 17.8. The van der Waals surface area contributed by atoms with Gasteiger partial charge in [-0.15, -0.1) is 11.3 Å². The number of halogens is 6. The normalized spacial score (nSPS) is 21.5. The van der Waals surface area contributed by atoms with Gasteiger partial charge < -0.3 is 19.7 Å². The summed E-state index contributed by atoms with van der Waals surface area (Å²) in [6.45, 7) is 4.40. The second-order valence-electron chi connectivity index (χ2n) is 8.01. The van der Waals surface area contributed by atoms with Crippen LogP contribution in [0.15, 0.2) is 30.0 Å². The van der Waals surface area contributed by atoms with E-state index in [1.54, 1.807) is 11.3 Å². The first-order valence-electron chi connectivity index (χ1n) is 11.2. The summed E-state index contributed by atoms with van der Waals surface area (Å²) in [5.74, 6) is -5.51. The monoisotopic (exact) mass is 576 g/mol. The molecule has 1 aliphatic heterocycles. The van der Waals surface area contributed by atoms with Gasteiger partial charge in [0.2, 0.25) is 0 Å². The first kappa shape index (κ1) is 31.5. The summed E-state index contributed by atoms with van der Waals surface area (Å²) in [5, 5.41) is 21.7. The van der Waals surface area contributed by atoms with Crippen molar-refractivity contribution < 1.29 is 55.6 Å². The van der Waals surface area contributed by atoms with Crippen LogP contribution in [0.2, 0.25) is 0 Å².